The molecule has 1 amide bonds. The summed E-state index contributed by atoms with van der Waals surface area (Å²) in [7, 11) is 0. The van der Waals surface area contributed by atoms with Crippen molar-refractivity contribution in [3.8, 4) is 0 Å². The number of amides is 1. The molecule has 1 aliphatic heterocycles. The van der Waals surface area contributed by atoms with Crippen LogP contribution in [0.5, 0.6) is 0 Å². The summed E-state index contributed by atoms with van der Waals surface area (Å²) in [6, 6.07) is 0.277. The lowest BCUT2D eigenvalue weighted by Crippen LogP contribution is -2.49. The van der Waals surface area contributed by atoms with Crippen molar-refractivity contribution < 1.29 is 4.79 Å². The molecular formula is C14H28N2O. The van der Waals surface area contributed by atoms with E-state index in [4.69, 9.17) is 0 Å². The summed E-state index contributed by atoms with van der Waals surface area (Å²) in [5.74, 6) is 1.26. The van der Waals surface area contributed by atoms with Crippen molar-refractivity contribution in [3.63, 3.8) is 0 Å². The Hall–Kier alpha value is -0.570. The second-order valence-corrected chi connectivity index (χ2v) is 6.24. The fourth-order valence-corrected chi connectivity index (χ4v) is 2.79. The highest BCUT2D eigenvalue weighted by molar-refractivity contribution is 5.83. The molecule has 0 radical (unpaired) electrons. The summed E-state index contributed by atoms with van der Waals surface area (Å²) in [6.45, 7) is 12.6. The lowest BCUT2D eigenvalue weighted by molar-refractivity contribution is -0.133. The Balaban J connectivity index is 2.61. The van der Waals surface area contributed by atoms with E-state index in [-0.39, 0.29) is 17.4 Å². The van der Waals surface area contributed by atoms with Crippen LogP contribution in [0.25, 0.3) is 0 Å². The first kappa shape index (κ1) is 14.5. The fraction of sp³-hybridized carbons (Fsp3) is 0.929. The highest BCUT2D eigenvalue weighted by Gasteiger charge is 2.44. The number of hydrogen-bond acceptors (Lipinski definition) is 2. The third-order valence-electron chi connectivity index (χ3n) is 3.95. The lowest BCUT2D eigenvalue weighted by Gasteiger charge is -2.32. The second-order valence-electron chi connectivity index (χ2n) is 6.24. The van der Waals surface area contributed by atoms with E-state index in [0.29, 0.717) is 11.8 Å². The van der Waals surface area contributed by atoms with Crippen molar-refractivity contribution in [3.05, 3.63) is 0 Å². The third-order valence-corrected chi connectivity index (χ3v) is 3.95. The standard InChI is InChI=1S/C14H28N2O/c1-10(2)8-12(5)16-13(17)14(11(3)4)6-7-15-9-14/h10-12,15H,6-9H2,1-5H3,(H,16,17). The van der Waals surface area contributed by atoms with Gasteiger partial charge in [-0.2, -0.15) is 0 Å². The van der Waals surface area contributed by atoms with Gasteiger partial charge in [0.1, 0.15) is 0 Å². The summed E-state index contributed by atoms with van der Waals surface area (Å²) < 4.78 is 0. The van der Waals surface area contributed by atoms with Gasteiger partial charge in [0.05, 0.1) is 5.41 Å². The second kappa shape index (κ2) is 5.85. The summed E-state index contributed by atoms with van der Waals surface area (Å²) in [5.41, 5.74) is -0.189. The molecule has 0 aromatic heterocycles. The number of rotatable bonds is 5. The van der Waals surface area contributed by atoms with Crippen LogP contribution in [0, 0.1) is 17.3 Å². The zero-order chi connectivity index (χ0) is 13.1. The highest BCUT2D eigenvalue weighted by Crippen LogP contribution is 2.34. The normalized spacial score (nSPS) is 26.5. The molecule has 0 aromatic carbocycles. The van der Waals surface area contributed by atoms with Crippen molar-refractivity contribution in [1.82, 2.24) is 10.6 Å². The van der Waals surface area contributed by atoms with Crippen LogP contribution < -0.4 is 10.6 Å². The van der Waals surface area contributed by atoms with Crippen LogP contribution in [-0.4, -0.2) is 25.0 Å². The fourth-order valence-electron chi connectivity index (χ4n) is 2.79. The molecule has 3 heteroatoms. The van der Waals surface area contributed by atoms with Gasteiger partial charge in [-0.3, -0.25) is 4.79 Å². The minimum atomic E-state index is -0.189. The Morgan fingerprint density at radius 2 is 1.94 bits per heavy atom. The zero-order valence-corrected chi connectivity index (χ0v) is 12.0. The topological polar surface area (TPSA) is 41.1 Å². The first-order valence-corrected chi connectivity index (χ1v) is 6.90. The van der Waals surface area contributed by atoms with Crippen molar-refractivity contribution >= 4 is 5.91 Å². The van der Waals surface area contributed by atoms with E-state index in [1.165, 1.54) is 0 Å². The first-order valence-electron chi connectivity index (χ1n) is 6.90. The summed E-state index contributed by atoms with van der Waals surface area (Å²) in [6.07, 6.45) is 2.01. The molecule has 2 atom stereocenters. The van der Waals surface area contributed by atoms with Gasteiger partial charge < -0.3 is 10.6 Å². The molecule has 0 saturated carbocycles. The monoisotopic (exact) mass is 240 g/mol. The minimum Gasteiger partial charge on any atom is -0.353 e. The molecule has 2 N–H and O–H groups in total. The van der Waals surface area contributed by atoms with E-state index < -0.39 is 0 Å². The van der Waals surface area contributed by atoms with Crippen LogP contribution in [0.1, 0.15) is 47.5 Å². The maximum atomic E-state index is 12.4. The van der Waals surface area contributed by atoms with Crippen LogP contribution in [0.3, 0.4) is 0 Å². The Kier molecular flexibility index (Phi) is 4.99. The van der Waals surface area contributed by atoms with Crippen LogP contribution in [0.15, 0.2) is 0 Å². The number of carbonyl (C=O) groups is 1. The molecule has 1 saturated heterocycles. The molecule has 0 bridgehead atoms. The van der Waals surface area contributed by atoms with Crippen LogP contribution >= 0.6 is 0 Å². The van der Waals surface area contributed by atoms with E-state index in [9.17, 15) is 4.79 Å². The average molecular weight is 240 g/mol. The quantitative estimate of drug-likeness (QED) is 0.773. The smallest absolute Gasteiger partial charge is 0.228 e. The van der Waals surface area contributed by atoms with Gasteiger partial charge in [-0.1, -0.05) is 27.7 Å². The van der Waals surface area contributed by atoms with E-state index in [1.54, 1.807) is 0 Å². The van der Waals surface area contributed by atoms with Crippen molar-refractivity contribution in [2.75, 3.05) is 13.1 Å². The van der Waals surface area contributed by atoms with E-state index in [1.807, 2.05) is 0 Å². The van der Waals surface area contributed by atoms with Gasteiger partial charge in [0, 0.05) is 12.6 Å². The molecule has 2 unspecified atom stereocenters. The molecule has 0 spiro atoms. The molecule has 1 rings (SSSR count). The molecular weight excluding hydrogens is 212 g/mol. The Morgan fingerprint density at radius 3 is 2.35 bits per heavy atom. The van der Waals surface area contributed by atoms with E-state index in [2.05, 4.69) is 45.3 Å². The molecule has 100 valence electrons. The van der Waals surface area contributed by atoms with Gasteiger partial charge in [0.25, 0.3) is 0 Å². The maximum absolute atomic E-state index is 12.4. The van der Waals surface area contributed by atoms with Crippen LogP contribution in [-0.2, 0) is 4.79 Å². The Bertz CT molecular complexity index is 255. The predicted octanol–water partition coefficient (Wildman–Crippen LogP) is 2.17. The largest absolute Gasteiger partial charge is 0.353 e. The predicted molar refractivity (Wildman–Crippen MR) is 71.8 cm³/mol. The SMILES string of the molecule is CC(C)CC(C)NC(=O)C1(C(C)C)CCNC1. The van der Waals surface area contributed by atoms with Gasteiger partial charge in [-0.05, 0) is 38.1 Å². The molecule has 3 nitrogen and oxygen atoms in total. The number of carbonyl (C=O) groups excluding carboxylic acids is 1. The Labute approximate surface area is 106 Å². The van der Waals surface area contributed by atoms with Gasteiger partial charge in [0.2, 0.25) is 5.91 Å². The van der Waals surface area contributed by atoms with E-state index >= 15 is 0 Å². The van der Waals surface area contributed by atoms with Gasteiger partial charge in [-0.25, -0.2) is 0 Å². The van der Waals surface area contributed by atoms with Crippen molar-refractivity contribution in [2.24, 2.45) is 17.3 Å². The molecule has 1 heterocycles. The number of nitrogens with one attached hydrogen (secondary N) is 2. The highest BCUT2D eigenvalue weighted by atomic mass is 16.2. The maximum Gasteiger partial charge on any atom is 0.228 e. The molecule has 0 aliphatic carbocycles. The molecule has 0 aromatic rings. The van der Waals surface area contributed by atoms with E-state index in [0.717, 1.165) is 25.9 Å². The summed E-state index contributed by atoms with van der Waals surface area (Å²) in [5, 5.41) is 6.52. The molecule has 1 aliphatic rings. The molecule has 1 fully saturated rings. The number of hydrogen-bond donors (Lipinski definition) is 2. The van der Waals surface area contributed by atoms with Gasteiger partial charge in [-0.15, -0.1) is 0 Å². The van der Waals surface area contributed by atoms with Crippen LogP contribution in [0.2, 0.25) is 0 Å². The lowest BCUT2D eigenvalue weighted by atomic mass is 9.75. The third kappa shape index (κ3) is 3.44. The summed E-state index contributed by atoms with van der Waals surface area (Å²) >= 11 is 0. The van der Waals surface area contributed by atoms with Crippen molar-refractivity contribution in [1.29, 1.82) is 0 Å². The first-order chi connectivity index (χ1) is 7.88. The Morgan fingerprint density at radius 1 is 1.29 bits per heavy atom. The molecule has 17 heavy (non-hydrogen) atoms. The van der Waals surface area contributed by atoms with Gasteiger partial charge in [0.15, 0.2) is 0 Å². The zero-order valence-electron chi connectivity index (χ0n) is 12.0. The minimum absolute atomic E-state index is 0.189. The average Bonchev–Trinajstić information content (AvgIpc) is 2.65. The summed E-state index contributed by atoms with van der Waals surface area (Å²) in [4.78, 5) is 12.4. The van der Waals surface area contributed by atoms with Crippen molar-refractivity contribution in [2.45, 2.75) is 53.5 Å². The van der Waals surface area contributed by atoms with Crippen LogP contribution in [0.4, 0.5) is 0 Å². The van der Waals surface area contributed by atoms with Gasteiger partial charge >= 0.3 is 0 Å².